The SMILES string of the molecule is C=C1C=CC=C2C(=O)C(c3cccc(Cl)c3)C(=O)C12. The minimum Gasteiger partial charge on any atom is -0.297 e. The largest absolute Gasteiger partial charge is 0.297 e. The second-order valence-electron chi connectivity index (χ2n) is 4.74. The topological polar surface area (TPSA) is 34.1 Å². The van der Waals surface area contributed by atoms with Gasteiger partial charge in [0.05, 0.1) is 5.92 Å². The van der Waals surface area contributed by atoms with E-state index in [1.807, 2.05) is 0 Å². The molecule has 2 aliphatic carbocycles. The summed E-state index contributed by atoms with van der Waals surface area (Å²) in [5, 5.41) is 0.527. The molecule has 19 heavy (non-hydrogen) atoms. The number of hydrogen-bond donors (Lipinski definition) is 0. The molecule has 0 bridgehead atoms. The van der Waals surface area contributed by atoms with E-state index in [1.54, 1.807) is 42.5 Å². The van der Waals surface area contributed by atoms with Crippen LogP contribution < -0.4 is 0 Å². The third-order valence-corrected chi connectivity index (χ3v) is 3.80. The van der Waals surface area contributed by atoms with Crippen LogP contribution in [0.3, 0.4) is 0 Å². The van der Waals surface area contributed by atoms with E-state index >= 15 is 0 Å². The van der Waals surface area contributed by atoms with Crippen molar-refractivity contribution >= 4 is 23.2 Å². The summed E-state index contributed by atoms with van der Waals surface area (Å²) < 4.78 is 0. The lowest BCUT2D eigenvalue weighted by molar-refractivity contribution is -0.124. The van der Waals surface area contributed by atoms with E-state index in [0.717, 1.165) is 0 Å². The van der Waals surface area contributed by atoms with Gasteiger partial charge in [0.25, 0.3) is 0 Å². The van der Waals surface area contributed by atoms with Crippen molar-refractivity contribution in [3.05, 3.63) is 70.8 Å². The summed E-state index contributed by atoms with van der Waals surface area (Å²) in [6.07, 6.45) is 5.25. The zero-order valence-corrected chi connectivity index (χ0v) is 10.9. The molecule has 1 aromatic carbocycles. The molecule has 1 aromatic rings. The molecular formula is C16H11ClO2. The minimum atomic E-state index is -0.744. The summed E-state index contributed by atoms with van der Waals surface area (Å²) in [5.41, 5.74) is 1.88. The first-order valence-electron chi connectivity index (χ1n) is 6.00. The van der Waals surface area contributed by atoms with Gasteiger partial charge >= 0.3 is 0 Å². The summed E-state index contributed by atoms with van der Waals surface area (Å²) in [4.78, 5) is 24.9. The molecule has 0 heterocycles. The van der Waals surface area contributed by atoms with Crippen molar-refractivity contribution < 1.29 is 9.59 Å². The zero-order chi connectivity index (χ0) is 13.6. The number of fused-ring (bicyclic) bond motifs is 1. The van der Waals surface area contributed by atoms with Gasteiger partial charge < -0.3 is 0 Å². The van der Waals surface area contributed by atoms with Gasteiger partial charge in [-0.2, -0.15) is 0 Å². The highest BCUT2D eigenvalue weighted by Crippen LogP contribution is 2.41. The molecule has 0 N–H and O–H groups in total. The van der Waals surface area contributed by atoms with Gasteiger partial charge in [-0.3, -0.25) is 9.59 Å². The number of benzene rings is 1. The van der Waals surface area contributed by atoms with Crippen LogP contribution in [0.1, 0.15) is 11.5 Å². The molecular weight excluding hydrogens is 260 g/mol. The van der Waals surface area contributed by atoms with Crippen molar-refractivity contribution in [1.82, 2.24) is 0 Å². The smallest absolute Gasteiger partial charge is 0.174 e. The number of carbonyl (C=O) groups is 2. The molecule has 2 aliphatic rings. The van der Waals surface area contributed by atoms with Crippen molar-refractivity contribution in [2.75, 3.05) is 0 Å². The summed E-state index contributed by atoms with van der Waals surface area (Å²) in [7, 11) is 0. The Labute approximate surface area is 116 Å². The highest BCUT2D eigenvalue weighted by molar-refractivity contribution is 6.31. The summed E-state index contributed by atoms with van der Waals surface area (Å²) in [6.45, 7) is 3.86. The molecule has 0 aliphatic heterocycles. The maximum absolute atomic E-state index is 12.5. The minimum absolute atomic E-state index is 0.104. The molecule has 94 valence electrons. The van der Waals surface area contributed by atoms with Gasteiger partial charge in [0.2, 0.25) is 0 Å². The normalized spacial score (nSPS) is 25.5. The highest BCUT2D eigenvalue weighted by atomic mass is 35.5. The molecule has 0 aromatic heterocycles. The van der Waals surface area contributed by atoms with Crippen LogP contribution in [-0.4, -0.2) is 11.6 Å². The number of halogens is 1. The molecule has 2 atom stereocenters. The van der Waals surface area contributed by atoms with Gasteiger partial charge in [0.15, 0.2) is 11.6 Å². The number of hydrogen-bond acceptors (Lipinski definition) is 2. The second kappa shape index (κ2) is 4.32. The van der Waals surface area contributed by atoms with E-state index in [0.29, 0.717) is 21.7 Å². The Bertz CT molecular complexity index is 667. The first kappa shape index (κ1) is 12.1. The molecule has 1 fully saturated rings. The summed E-state index contributed by atoms with van der Waals surface area (Å²) >= 11 is 5.93. The van der Waals surface area contributed by atoms with E-state index in [2.05, 4.69) is 6.58 Å². The van der Waals surface area contributed by atoms with Gasteiger partial charge in [-0.05, 0) is 23.3 Å². The number of allylic oxidation sites excluding steroid dienone is 5. The molecule has 2 nitrogen and oxygen atoms in total. The fraction of sp³-hybridized carbons (Fsp3) is 0.125. The first-order chi connectivity index (χ1) is 9.09. The van der Waals surface area contributed by atoms with Crippen LogP contribution in [0.5, 0.6) is 0 Å². The van der Waals surface area contributed by atoms with Crippen LogP contribution in [0.4, 0.5) is 0 Å². The van der Waals surface area contributed by atoms with Crippen molar-refractivity contribution in [2.24, 2.45) is 5.92 Å². The lowest BCUT2D eigenvalue weighted by Crippen LogP contribution is -2.16. The number of ketones is 2. The van der Waals surface area contributed by atoms with Crippen LogP contribution in [-0.2, 0) is 9.59 Å². The van der Waals surface area contributed by atoms with Gasteiger partial charge in [-0.1, -0.05) is 48.5 Å². The maximum atomic E-state index is 12.5. The second-order valence-corrected chi connectivity index (χ2v) is 5.18. The predicted molar refractivity (Wildman–Crippen MR) is 74.1 cm³/mol. The molecule has 3 rings (SSSR count). The lowest BCUT2D eigenvalue weighted by Gasteiger charge is -2.12. The van der Waals surface area contributed by atoms with Crippen molar-refractivity contribution in [2.45, 2.75) is 5.92 Å². The first-order valence-corrected chi connectivity index (χ1v) is 6.38. The molecule has 0 amide bonds. The quantitative estimate of drug-likeness (QED) is 0.734. The Morgan fingerprint density at radius 3 is 2.63 bits per heavy atom. The Morgan fingerprint density at radius 2 is 1.95 bits per heavy atom. The number of carbonyl (C=O) groups excluding carboxylic acids is 2. The Balaban J connectivity index is 2.08. The molecule has 0 radical (unpaired) electrons. The van der Waals surface area contributed by atoms with Crippen LogP contribution >= 0.6 is 11.6 Å². The van der Waals surface area contributed by atoms with Crippen LogP contribution in [0, 0.1) is 5.92 Å². The van der Waals surface area contributed by atoms with Crippen LogP contribution in [0.25, 0.3) is 0 Å². The Kier molecular flexibility index (Phi) is 2.76. The van der Waals surface area contributed by atoms with E-state index in [1.165, 1.54) is 0 Å². The number of Topliss-reactive ketones (excluding diaryl/α,β-unsaturated/α-hetero) is 2. The van der Waals surface area contributed by atoms with Crippen LogP contribution in [0.15, 0.2) is 60.2 Å². The predicted octanol–water partition coefficient (Wildman–Crippen LogP) is 3.24. The molecule has 1 saturated carbocycles. The lowest BCUT2D eigenvalue weighted by atomic mass is 9.89. The van der Waals surface area contributed by atoms with Crippen molar-refractivity contribution in [1.29, 1.82) is 0 Å². The van der Waals surface area contributed by atoms with Crippen molar-refractivity contribution in [3.8, 4) is 0 Å². The monoisotopic (exact) mass is 270 g/mol. The average Bonchev–Trinajstić information content (AvgIpc) is 2.63. The van der Waals surface area contributed by atoms with Crippen LogP contribution in [0.2, 0.25) is 5.02 Å². The third kappa shape index (κ3) is 1.80. The van der Waals surface area contributed by atoms with Gasteiger partial charge in [0, 0.05) is 10.6 Å². The fourth-order valence-electron chi connectivity index (χ4n) is 2.69. The van der Waals surface area contributed by atoms with Gasteiger partial charge in [-0.25, -0.2) is 0 Å². The maximum Gasteiger partial charge on any atom is 0.174 e. The number of rotatable bonds is 1. The Hall–Kier alpha value is -1.93. The molecule has 0 saturated heterocycles. The summed E-state index contributed by atoms with van der Waals surface area (Å²) in [5.74, 6) is -1.47. The summed E-state index contributed by atoms with van der Waals surface area (Å²) in [6, 6.07) is 6.92. The molecule has 0 spiro atoms. The molecule has 2 unspecified atom stereocenters. The van der Waals surface area contributed by atoms with E-state index in [4.69, 9.17) is 11.6 Å². The van der Waals surface area contributed by atoms with Crippen molar-refractivity contribution in [3.63, 3.8) is 0 Å². The van der Waals surface area contributed by atoms with Gasteiger partial charge in [-0.15, -0.1) is 0 Å². The average molecular weight is 271 g/mol. The van der Waals surface area contributed by atoms with E-state index in [9.17, 15) is 9.59 Å². The molecule has 3 heteroatoms. The third-order valence-electron chi connectivity index (χ3n) is 3.57. The standard InChI is InChI=1S/C16H11ClO2/c1-9-4-2-7-12-13(9)16(19)14(15(12)18)10-5-3-6-11(17)8-10/h2-8,13-14H,1H2. The van der Waals surface area contributed by atoms with E-state index in [-0.39, 0.29) is 11.6 Å². The van der Waals surface area contributed by atoms with Gasteiger partial charge in [0.1, 0.15) is 5.92 Å². The zero-order valence-electron chi connectivity index (χ0n) is 10.1. The highest BCUT2D eigenvalue weighted by Gasteiger charge is 2.47. The Morgan fingerprint density at radius 1 is 1.16 bits per heavy atom. The fourth-order valence-corrected chi connectivity index (χ4v) is 2.89. The van der Waals surface area contributed by atoms with E-state index < -0.39 is 11.8 Å².